The normalized spacial score (nSPS) is 11.4. The molecule has 162 valence electrons. The number of hydrogen-bond acceptors (Lipinski definition) is 4. The van der Waals surface area contributed by atoms with Crippen LogP contribution in [0.25, 0.3) is 22.3 Å². The van der Waals surface area contributed by atoms with Crippen LogP contribution in [0.15, 0.2) is 65.0 Å². The summed E-state index contributed by atoms with van der Waals surface area (Å²) in [5, 5.41) is 9.88. The number of guanidine groups is 1. The molecular weight excluding hydrogens is 519 g/mol. The van der Waals surface area contributed by atoms with Crippen LogP contribution in [0.4, 0.5) is 0 Å². The summed E-state index contributed by atoms with van der Waals surface area (Å²) in [5.74, 6) is 1.84. The van der Waals surface area contributed by atoms with Crippen LogP contribution in [0, 0.1) is 6.92 Å². The van der Waals surface area contributed by atoms with Crippen molar-refractivity contribution in [2.24, 2.45) is 4.99 Å². The predicted octanol–water partition coefficient (Wildman–Crippen LogP) is 4.84. The van der Waals surface area contributed by atoms with Crippen LogP contribution in [0.5, 0.6) is 0 Å². The molecule has 0 saturated carbocycles. The van der Waals surface area contributed by atoms with E-state index < -0.39 is 0 Å². The maximum Gasteiger partial charge on any atom is 0.191 e. The minimum absolute atomic E-state index is 0. The van der Waals surface area contributed by atoms with Crippen molar-refractivity contribution in [2.75, 3.05) is 13.6 Å². The summed E-state index contributed by atoms with van der Waals surface area (Å²) in [6.07, 6.45) is 0.983. The van der Waals surface area contributed by atoms with Crippen LogP contribution in [0.3, 0.4) is 0 Å². The average Bonchev–Trinajstić information content (AvgIpc) is 3.38. The molecule has 0 amide bonds. The largest absolute Gasteiger partial charge is 0.356 e. The molecule has 0 aliphatic rings. The molecule has 8 heteroatoms. The topological polar surface area (TPSA) is 67.1 Å². The summed E-state index contributed by atoms with van der Waals surface area (Å²) in [4.78, 5) is 13.7. The Labute approximate surface area is 203 Å². The Kier molecular flexibility index (Phi) is 8.42. The highest BCUT2D eigenvalue weighted by molar-refractivity contribution is 14.0. The molecule has 0 aliphatic heterocycles. The highest BCUT2D eigenvalue weighted by atomic mass is 127. The second kappa shape index (κ2) is 11.2. The van der Waals surface area contributed by atoms with Crippen LogP contribution in [-0.4, -0.2) is 34.1 Å². The lowest BCUT2D eigenvalue weighted by molar-refractivity contribution is 0.624. The molecule has 4 rings (SSSR count). The quantitative estimate of drug-likeness (QED) is 0.151. The molecule has 0 atom stereocenters. The molecule has 0 aliphatic carbocycles. The first kappa shape index (κ1) is 23.2. The van der Waals surface area contributed by atoms with Gasteiger partial charge in [0.25, 0.3) is 0 Å². The summed E-state index contributed by atoms with van der Waals surface area (Å²) in [7, 11) is 1.79. The number of nitrogens with one attached hydrogen (secondary N) is 2. The van der Waals surface area contributed by atoms with Gasteiger partial charge in [-0.15, -0.1) is 35.3 Å². The lowest BCUT2D eigenvalue weighted by Gasteiger charge is -2.12. The summed E-state index contributed by atoms with van der Waals surface area (Å²) >= 11 is 1.66. The second-order valence-corrected chi connectivity index (χ2v) is 7.94. The van der Waals surface area contributed by atoms with Crippen molar-refractivity contribution in [3.05, 3.63) is 70.8 Å². The van der Waals surface area contributed by atoms with Crippen LogP contribution >= 0.6 is 35.3 Å². The van der Waals surface area contributed by atoms with E-state index in [4.69, 9.17) is 4.98 Å². The summed E-state index contributed by atoms with van der Waals surface area (Å²) in [6, 6.07) is 18.5. The van der Waals surface area contributed by atoms with Crippen LogP contribution in [0.2, 0.25) is 0 Å². The molecular formula is C23H27IN6S. The van der Waals surface area contributed by atoms with Gasteiger partial charge in [0.2, 0.25) is 0 Å². The molecule has 2 aromatic carbocycles. The zero-order valence-corrected chi connectivity index (χ0v) is 20.9. The fourth-order valence-corrected chi connectivity index (χ4v) is 4.18. The first-order valence-electron chi connectivity index (χ1n) is 10.1. The number of para-hydroxylation sites is 2. The number of fused-ring (bicyclic) bond motifs is 1. The van der Waals surface area contributed by atoms with E-state index in [1.807, 2.05) is 24.3 Å². The van der Waals surface area contributed by atoms with Crippen LogP contribution in [-0.2, 0) is 13.1 Å². The number of benzene rings is 2. The number of aryl methyl sites for hydroxylation is 2. The predicted molar refractivity (Wildman–Crippen MR) is 140 cm³/mol. The highest BCUT2D eigenvalue weighted by Crippen LogP contribution is 2.21. The molecule has 2 heterocycles. The van der Waals surface area contributed by atoms with E-state index in [1.165, 1.54) is 5.52 Å². The van der Waals surface area contributed by atoms with Crippen molar-refractivity contribution in [3.8, 4) is 11.3 Å². The van der Waals surface area contributed by atoms with E-state index in [9.17, 15) is 0 Å². The number of aromatic nitrogens is 3. The number of aliphatic imine (C=N–C) groups is 1. The van der Waals surface area contributed by atoms with Crippen LogP contribution < -0.4 is 10.6 Å². The van der Waals surface area contributed by atoms with E-state index in [1.54, 1.807) is 18.4 Å². The maximum atomic E-state index is 4.72. The smallest absolute Gasteiger partial charge is 0.191 e. The van der Waals surface area contributed by atoms with E-state index in [0.717, 1.165) is 53.1 Å². The Hall–Kier alpha value is -2.46. The number of halogens is 1. The number of imidazole rings is 1. The Bertz CT molecular complexity index is 1140. The fraction of sp³-hybridized carbons (Fsp3) is 0.261. The Morgan fingerprint density at radius 2 is 1.81 bits per heavy atom. The third-order valence-corrected chi connectivity index (χ3v) is 5.80. The average molecular weight is 546 g/mol. The number of nitrogens with zero attached hydrogens (tertiary/aromatic N) is 4. The van der Waals surface area contributed by atoms with Gasteiger partial charge in [-0.1, -0.05) is 42.5 Å². The van der Waals surface area contributed by atoms with E-state index in [0.29, 0.717) is 6.54 Å². The van der Waals surface area contributed by atoms with Gasteiger partial charge in [0.1, 0.15) is 10.8 Å². The van der Waals surface area contributed by atoms with Gasteiger partial charge < -0.3 is 15.2 Å². The minimum Gasteiger partial charge on any atom is -0.356 e. The molecule has 6 nitrogen and oxygen atoms in total. The van der Waals surface area contributed by atoms with Gasteiger partial charge >= 0.3 is 0 Å². The van der Waals surface area contributed by atoms with E-state index >= 15 is 0 Å². The van der Waals surface area contributed by atoms with E-state index in [2.05, 4.69) is 67.8 Å². The molecule has 0 unspecified atom stereocenters. The van der Waals surface area contributed by atoms with Gasteiger partial charge in [-0.2, -0.15) is 0 Å². The molecule has 0 spiro atoms. The van der Waals surface area contributed by atoms with Gasteiger partial charge in [0.15, 0.2) is 5.96 Å². The fourth-order valence-electron chi connectivity index (χ4n) is 3.44. The first-order chi connectivity index (χ1) is 14.7. The summed E-state index contributed by atoms with van der Waals surface area (Å²) < 4.78 is 2.27. The van der Waals surface area contributed by atoms with Crippen molar-refractivity contribution in [3.63, 3.8) is 0 Å². The molecule has 0 fully saturated rings. The van der Waals surface area contributed by atoms with Crippen molar-refractivity contribution in [1.82, 2.24) is 25.2 Å². The van der Waals surface area contributed by atoms with Gasteiger partial charge in [0.05, 0.1) is 23.3 Å². The molecule has 0 saturated heterocycles. The SMILES string of the molecule is CN=C(NCCCn1c(C)nc2ccccc21)NCc1nc(-c2ccccc2)cs1.I. The maximum absolute atomic E-state index is 4.72. The lowest BCUT2D eigenvalue weighted by atomic mass is 10.2. The van der Waals surface area contributed by atoms with Crippen LogP contribution in [0.1, 0.15) is 17.3 Å². The molecule has 0 bridgehead atoms. The summed E-state index contributed by atoms with van der Waals surface area (Å²) in [5.41, 5.74) is 4.40. The Morgan fingerprint density at radius 1 is 1.03 bits per heavy atom. The van der Waals surface area contributed by atoms with E-state index in [-0.39, 0.29) is 24.0 Å². The minimum atomic E-state index is 0. The highest BCUT2D eigenvalue weighted by Gasteiger charge is 2.07. The lowest BCUT2D eigenvalue weighted by Crippen LogP contribution is -2.37. The standard InChI is InChI=1S/C23H26N6S.HI/c1-17-27-19-11-6-7-12-21(19)29(17)14-8-13-25-23(24-2)26-15-22-28-20(16-30-22)18-9-4-3-5-10-18;/h3-7,9-12,16H,8,13-15H2,1-2H3,(H2,24,25,26);1H. The van der Waals surface area contributed by atoms with Gasteiger partial charge in [-0.05, 0) is 25.5 Å². The molecule has 31 heavy (non-hydrogen) atoms. The van der Waals surface area contributed by atoms with Crippen molar-refractivity contribution in [2.45, 2.75) is 26.4 Å². The van der Waals surface area contributed by atoms with Crippen molar-refractivity contribution in [1.29, 1.82) is 0 Å². The monoisotopic (exact) mass is 546 g/mol. The third kappa shape index (κ3) is 5.82. The number of rotatable bonds is 7. The van der Waals surface area contributed by atoms with Crippen molar-refractivity contribution < 1.29 is 0 Å². The van der Waals surface area contributed by atoms with Gasteiger partial charge in [0, 0.05) is 31.1 Å². The molecule has 0 radical (unpaired) electrons. The number of hydrogen-bond donors (Lipinski definition) is 2. The molecule has 4 aromatic rings. The zero-order chi connectivity index (χ0) is 20.8. The number of thiazole rings is 1. The summed E-state index contributed by atoms with van der Waals surface area (Å²) in [6.45, 7) is 4.47. The molecule has 2 aromatic heterocycles. The molecule has 2 N–H and O–H groups in total. The third-order valence-electron chi connectivity index (χ3n) is 4.95. The van der Waals surface area contributed by atoms with Gasteiger partial charge in [-0.3, -0.25) is 4.99 Å². The Balaban J connectivity index is 0.00000272. The Morgan fingerprint density at radius 3 is 2.61 bits per heavy atom. The zero-order valence-electron chi connectivity index (χ0n) is 17.7. The first-order valence-corrected chi connectivity index (χ1v) is 11.0. The second-order valence-electron chi connectivity index (χ2n) is 7.00. The van der Waals surface area contributed by atoms with Crippen molar-refractivity contribution >= 4 is 52.3 Å². The van der Waals surface area contributed by atoms with Gasteiger partial charge in [-0.25, -0.2) is 9.97 Å².